The fourth-order valence-electron chi connectivity index (χ4n) is 2.00. The van der Waals surface area contributed by atoms with E-state index in [1.54, 1.807) is 12.1 Å². The summed E-state index contributed by atoms with van der Waals surface area (Å²) in [5.74, 6) is -0.767. The maximum atomic E-state index is 12.0. The second kappa shape index (κ2) is 5.63. The quantitative estimate of drug-likeness (QED) is 0.520. The molecule has 1 aromatic carbocycles. The minimum Gasteiger partial charge on any atom is -0.465 e. The molecule has 21 heavy (non-hydrogen) atoms. The van der Waals surface area contributed by atoms with E-state index in [2.05, 4.69) is 9.72 Å². The Labute approximate surface area is 121 Å². The summed E-state index contributed by atoms with van der Waals surface area (Å²) in [5.41, 5.74) is 2.56. The lowest BCUT2D eigenvalue weighted by atomic mass is 10.0. The molecule has 0 unspecified atom stereocenters. The first-order valence-electron chi connectivity index (χ1n) is 6.30. The van der Waals surface area contributed by atoms with Gasteiger partial charge in [0.25, 0.3) is 5.56 Å². The Kier molecular flexibility index (Phi) is 3.90. The van der Waals surface area contributed by atoms with Gasteiger partial charge in [-0.3, -0.25) is 4.79 Å². The molecule has 1 heterocycles. The Bertz CT molecular complexity index is 854. The maximum Gasteiger partial charge on any atom is 0.348 e. The molecule has 0 radical (unpaired) electrons. The largest absolute Gasteiger partial charge is 0.465 e. The van der Waals surface area contributed by atoms with E-state index < -0.39 is 5.97 Å². The Morgan fingerprint density at radius 1 is 1.29 bits per heavy atom. The number of hydrogen-bond donors (Lipinski definition) is 1. The van der Waals surface area contributed by atoms with Crippen molar-refractivity contribution in [2.24, 2.45) is 0 Å². The number of methoxy groups -OCH3 is 1. The van der Waals surface area contributed by atoms with Crippen molar-refractivity contribution < 1.29 is 9.53 Å². The molecule has 1 N–H and O–H groups in total. The van der Waals surface area contributed by atoms with Crippen molar-refractivity contribution in [2.45, 2.75) is 13.8 Å². The van der Waals surface area contributed by atoms with Crippen molar-refractivity contribution in [3.05, 3.63) is 50.8 Å². The number of ether oxygens (including phenoxy) is 1. The molecule has 0 bridgehead atoms. The molecule has 1 aromatic heterocycles. The fourth-order valence-corrected chi connectivity index (χ4v) is 2.00. The average molecular weight is 282 g/mol. The highest BCUT2D eigenvalue weighted by molar-refractivity contribution is 5.98. The number of benzene rings is 1. The van der Waals surface area contributed by atoms with E-state index in [4.69, 9.17) is 5.26 Å². The van der Waals surface area contributed by atoms with Gasteiger partial charge in [0.1, 0.15) is 11.6 Å². The number of H-pyrrole nitrogens is 1. The van der Waals surface area contributed by atoms with Gasteiger partial charge in [0.15, 0.2) is 0 Å². The second-order valence-electron chi connectivity index (χ2n) is 4.74. The Morgan fingerprint density at radius 2 is 1.95 bits per heavy atom. The van der Waals surface area contributed by atoms with Gasteiger partial charge in [-0.1, -0.05) is 0 Å². The number of nitrogens with zero attached hydrogens (tertiary/aromatic N) is 1. The van der Waals surface area contributed by atoms with Crippen LogP contribution in [0.15, 0.2) is 28.6 Å². The highest BCUT2D eigenvalue weighted by Gasteiger charge is 2.10. The molecule has 0 saturated carbocycles. The lowest BCUT2D eigenvalue weighted by molar-refractivity contribution is -0.135. The van der Waals surface area contributed by atoms with Crippen LogP contribution in [0.4, 0.5) is 0 Å². The number of esters is 1. The molecule has 0 aliphatic heterocycles. The number of aromatic amines is 1. The lowest BCUT2D eigenvalue weighted by Gasteiger charge is -2.05. The molecular formula is C16H14N2O3. The van der Waals surface area contributed by atoms with Crippen LogP contribution in [-0.4, -0.2) is 18.1 Å². The van der Waals surface area contributed by atoms with Crippen LogP contribution in [0, 0.1) is 25.2 Å². The first-order valence-corrected chi connectivity index (χ1v) is 6.30. The van der Waals surface area contributed by atoms with Crippen molar-refractivity contribution in [3.8, 4) is 6.07 Å². The summed E-state index contributed by atoms with van der Waals surface area (Å²) in [6.07, 6.45) is 1.24. The third kappa shape index (κ3) is 2.84. The van der Waals surface area contributed by atoms with Crippen molar-refractivity contribution in [2.75, 3.05) is 7.11 Å². The number of aryl methyl sites for hydroxylation is 2. The van der Waals surface area contributed by atoms with Crippen LogP contribution in [0.1, 0.15) is 16.7 Å². The van der Waals surface area contributed by atoms with Gasteiger partial charge in [-0.25, -0.2) is 4.79 Å². The highest BCUT2D eigenvalue weighted by Crippen LogP contribution is 2.18. The third-order valence-corrected chi connectivity index (χ3v) is 3.31. The molecule has 0 aliphatic rings. The number of nitriles is 1. The third-order valence-electron chi connectivity index (χ3n) is 3.31. The summed E-state index contributed by atoms with van der Waals surface area (Å²) in [7, 11) is 1.18. The van der Waals surface area contributed by atoms with Gasteiger partial charge in [-0.05, 0) is 54.6 Å². The molecule has 2 rings (SSSR count). The first-order chi connectivity index (χ1) is 9.96. The molecule has 0 atom stereocenters. The Morgan fingerprint density at radius 3 is 2.57 bits per heavy atom. The lowest BCUT2D eigenvalue weighted by Crippen LogP contribution is -2.11. The monoisotopic (exact) mass is 282 g/mol. The van der Waals surface area contributed by atoms with Gasteiger partial charge in [-0.2, -0.15) is 5.26 Å². The number of pyridine rings is 1. The van der Waals surface area contributed by atoms with E-state index >= 15 is 0 Å². The number of rotatable bonds is 2. The molecule has 0 fully saturated rings. The zero-order valence-electron chi connectivity index (χ0n) is 12.0. The number of hydrogen-bond acceptors (Lipinski definition) is 4. The average Bonchev–Trinajstić information content (AvgIpc) is 2.46. The molecule has 106 valence electrons. The van der Waals surface area contributed by atoms with Crippen LogP contribution in [0.5, 0.6) is 0 Å². The fraction of sp³-hybridized carbons (Fsp3) is 0.188. The zero-order chi connectivity index (χ0) is 15.6. The van der Waals surface area contributed by atoms with Crippen LogP contribution < -0.4 is 5.56 Å². The van der Waals surface area contributed by atoms with Gasteiger partial charge in [-0.15, -0.1) is 0 Å². The minimum atomic E-state index is -0.767. The van der Waals surface area contributed by atoms with E-state index in [-0.39, 0.29) is 16.7 Å². The van der Waals surface area contributed by atoms with E-state index in [1.165, 1.54) is 13.2 Å². The maximum absolute atomic E-state index is 12.0. The zero-order valence-corrected chi connectivity index (χ0v) is 12.0. The van der Waals surface area contributed by atoms with Crippen molar-refractivity contribution in [1.82, 2.24) is 4.98 Å². The SMILES string of the molecule is COC(=O)/C(C#N)=C/c1cc2cc(C)c(C)cc2[nH]c1=O. The second-order valence-corrected chi connectivity index (χ2v) is 4.74. The Hall–Kier alpha value is -2.87. The summed E-state index contributed by atoms with van der Waals surface area (Å²) < 4.78 is 4.50. The highest BCUT2D eigenvalue weighted by atomic mass is 16.5. The number of nitrogens with one attached hydrogen (secondary N) is 1. The van der Waals surface area contributed by atoms with E-state index in [1.807, 2.05) is 26.0 Å². The predicted molar refractivity (Wildman–Crippen MR) is 79.6 cm³/mol. The van der Waals surface area contributed by atoms with Gasteiger partial charge in [0, 0.05) is 11.1 Å². The summed E-state index contributed by atoms with van der Waals surface area (Å²) in [5, 5.41) is 9.78. The number of aromatic nitrogens is 1. The summed E-state index contributed by atoms with van der Waals surface area (Å²) >= 11 is 0. The molecule has 5 heteroatoms. The topological polar surface area (TPSA) is 82.9 Å². The van der Waals surface area contributed by atoms with Gasteiger partial charge in [0.05, 0.1) is 7.11 Å². The van der Waals surface area contributed by atoms with Crippen LogP contribution in [0.2, 0.25) is 0 Å². The van der Waals surface area contributed by atoms with Crippen molar-refractivity contribution in [1.29, 1.82) is 5.26 Å². The predicted octanol–water partition coefficient (Wildman–Crippen LogP) is 2.22. The van der Waals surface area contributed by atoms with Crippen LogP contribution in [0.25, 0.3) is 17.0 Å². The summed E-state index contributed by atoms with van der Waals surface area (Å²) in [6, 6.07) is 7.22. The number of fused-ring (bicyclic) bond motifs is 1. The van der Waals surface area contributed by atoms with Crippen LogP contribution >= 0.6 is 0 Å². The van der Waals surface area contributed by atoms with E-state index in [0.717, 1.165) is 22.0 Å². The van der Waals surface area contributed by atoms with E-state index in [9.17, 15) is 9.59 Å². The Balaban J connectivity index is 2.66. The van der Waals surface area contributed by atoms with Crippen molar-refractivity contribution >= 4 is 22.9 Å². The molecule has 0 amide bonds. The smallest absolute Gasteiger partial charge is 0.348 e. The van der Waals surface area contributed by atoms with Gasteiger partial charge >= 0.3 is 5.97 Å². The first kappa shape index (κ1) is 14.5. The molecular weight excluding hydrogens is 268 g/mol. The van der Waals surface area contributed by atoms with Crippen LogP contribution in [-0.2, 0) is 9.53 Å². The minimum absolute atomic E-state index is 0.216. The van der Waals surface area contributed by atoms with Gasteiger partial charge < -0.3 is 9.72 Å². The van der Waals surface area contributed by atoms with Gasteiger partial charge in [0.2, 0.25) is 0 Å². The number of carbonyl (C=O) groups excluding carboxylic acids is 1. The summed E-state index contributed by atoms with van der Waals surface area (Å²) in [6.45, 7) is 3.94. The standard InChI is InChI=1S/C16H14N2O3/c1-9-4-11-6-12(7-13(8-17)16(20)21-3)15(19)18-14(11)5-10(9)2/h4-7H,1-3H3,(H,18,19)/b13-7+. The molecule has 5 nitrogen and oxygen atoms in total. The number of carbonyl (C=O) groups is 1. The molecule has 0 saturated heterocycles. The molecule has 0 spiro atoms. The van der Waals surface area contributed by atoms with Crippen LogP contribution in [0.3, 0.4) is 0 Å². The molecule has 2 aromatic rings. The molecule has 0 aliphatic carbocycles. The summed E-state index contributed by atoms with van der Waals surface area (Å²) in [4.78, 5) is 26.2. The normalized spacial score (nSPS) is 11.2. The van der Waals surface area contributed by atoms with Crippen molar-refractivity contribution in [3.63, 3.8) is 0 Å². The van der Waals surface area contributed by atoms with E-state index in [0.29, 0.717) is 0 Å².